The lowest BCUT2D eigenvalue weighted by Crippen LogP contribution is -2.40. The molecule has 0 saturated carbocycles. The average molecular weight is 266 g/mol. The minimum atomic E-state index is 0.611. The molecular weight excluding hydrogens is 240 g/mol. The van der Waals surface area contributed by atoms with Crippen LogP contribution < -0.4 is 5.32 Å². The standard InChI is InChI=1S/C15H26N2S/c1-12(2)16-9-14-5-4-8-17(10-14)11-15-7-6-13(3)18-15/h6-7,12,14,16H,4-5,8-11H2,1-3H3. The highest BCUT2D eigenvalue weighted by molar-refractivity contribution is 7.11. The largest absolute Gasteiger partial charge is 0.314 e. The number of nitrogens with zero attached hydrogens (tertiary/aromatic N) is 1. The smallest absolute Gasteiger partial charge is 0.0328 e. The van der Waals surface area contributed by atoms with Gasteiger partial charge >= 0.3 is 0 Å². The van der Waals surface area contributed by atoms with Gasteiger partial charge in [0.05, 0.1) is 0 Å². The summed E-state index contributed by atoms with van der Waals surface area (Å²) in [6.45, 7) is 11.5. The number of likely N-dealkylation sites (tertiary alicyclic amines) is 1. The van der Waals surface area contributed by atoms with Crippen LogP contribution in [0.4, 0.5) is 0 Å². The van der Waals surface area contributed by atoms with E-state index in [1.165, 1.54) is 42.2 Å². The molecule has 1 saturated heterocycles. The SMILES string of the molecule is Cc1ccc(CN2CCCC(CNC(C)C)C2)s1. The van der Waals surface area contributed by atoms with Crippen molar-refractivity contribution in [1.82, 2.24) is 10.2 Å². The summed E-state index contributed by atoms with van der Waals surface area (Å²) in [5.41, 5.74) is 0. The van der Waals surface area contributed by atoms with E-state index in [0.717, 1.165) is 12.5 Å². The van der Waals surface area contributed by atoms with Gasteiger partial charge in [-0.25, -0.2) is 0 Å². The molecule has 2 rings (SSSR count). The van der Waals surface area contributed by atoms with Gasteiger partial charge in [-0.3, -0.25) is 4.90 Å². The van der Waals surface area contributed by atoms with E-state index in [1.807, 2.05) is 11.3 Å². The average Bonchev–Trinajstić information content (AvgIpc) is 2.73. The topological polar surface area (TPSA) is 15.3 Å². The first kappa shape index (κ1) is 14.0. The Morgan fingerprint density at radius 2 is 2.28 bits per heavy atom. The Morgan fingerprint density at radius 1 is 1.44 bits per heavy atom. The highest BCUT2D eigenvalue weighted by Gasteiger charge is 2.20. The predicted octanol–water partition coefficient (Wildman–Crippen LogP) is 3.27. The van der Waals surface area contributed by atoms with Crippen molar-refractivity contribution in [3.8, 4) is 0 Å². The summed E-state index contributed by atoms with van der Waals surface area (Å²) >= 11 is 1.94. The molecule has 0 aromatic carbocycles. The van der Waals surface area contributed by atoms with Crippen LogP contribution in [0.2, 0.25) is 0 Å². The van der Waals surface area contributed by atoms with Crippen LogP contribution >= 0.6 is 11.3 Å². The van der Waals surface area contributed by atoms with Gasteiger partial charge in [0, 0.05) is 28.9 Å². The van der Waals surface area contributed by atoms with Crippen molar-refractivity contribution in [3.05, 3.63) is 21.9 Å². The number of aryl methyl sites for hydroxylation is 1. The Kier molecular flexibility index (Phi) is 5.22. The summed E-state index contributed by atoms with van der Waals surface area (Å²) in [6.07, 6.45) is 2.74. The van der Waals surface area contributed by atoms with E-state index in [0.29, 0.717) is 6.04 Å². The first-order chi connectivity index (χ1) is 8.63. The molecule has 0 spiro atoms. The van der Waals surface area contributed by atoms with Crippen LogP contribution in [0.5, 0.6) is 0 Å². The van der Waals surface area contributed by atoms with E-state index in [9.17, 15) is 0 Å². The van der Waals surface area contributed by atoms with E-state index in [-0.39, 0.29) is 0 Å². The molecule has 2 nitrogen and oxygen atoms in total. The van der Waals surface area contributed by atoms with Crippen molar-refractivity contribution in [1.29, 1.82) is 0 Å². The summed E-state index contributed by atoms with van der Waals surface area (Å²) in [4.78, 5) is 5.58. The molecule has 1 unspecified atom stereocenters. The molecule has 3 heteroatoms. The third-order valence-electron chi connectivity index (χ3n) is 3.59. The fourth-order valence-corrected chi connectivity index (χ4v) is 3.59. The molecule has 0 amide bonds. The zero-order valence-corrected chi connectivity index (χ0v) is 12.7. The highest BCUT2D eigenvalue weighted by Crippen LogP contribution is 2.21. The van der Waals surface area contributed by atoms with E-state index in [1.54, 1.807) is 0 Å². The van der Waals surface area contributed by atoms with Crippen molar-refractivity contribution < 1.29 is 0 Å². The summed E-state index contributed by atoms with van der Waals surface area (Å²) in [5.74, 6) is 0.835. The van der Waals surface area contributed by atoms with Gasteiger partial charge in [0.1, 0.15) is 0 Å². The van der Waals surface area contributed by atoms with E-state index in [4.69, 9.17) is 0 Å². The second kappa shape index (κ2) is 6.69. The summed E-state index contributed by atoms with van der Waals surface area (Å²) < 4.78 is 0. The van der Waals surface area contributed by atoms with Gasteiger partial charge in [0.2, 0.25) is 0 Å². The van der Waals surface area contributed by atoms with Gasteiger partial charge in [-0.15, -0.1) is 11.3 Å². The summed E-state index contributed by atoms with van der Waals surface area (Å²) in [6, 6.07) is 5.14. The van der Waals surface area contributed by atoms with Crippen LogP contribution in [0.25, 0.3) is 0 Å². The van der Waals surface area contributed by atoms with Crippen molar-refractivity contribution >= 4 is 11.3 Å². The predicted molar refractivity (Wildman–Crippen MR) is 80.2 cm³/mol. The van der Waals surface area contributed by atoms with E-state index >= 15 is 0 Å². The Morgan fingerprint density at radius 3 is 2.94 bits per heavy atom. The van der Waals surface area contributed by atoms with Crippen LogP contribution in [0.3, 0.4) is 0 Å². The third kappa shape index (κ3) is 4.38. The van der Waals surface area contributed by atoms with E-state index < -0.39 is 0 Å². The molecule has 1 aliphatic rings. The molecule has 102 valence electrons. The minimum Gasteiger partial charge on any atom is -0.314 e. The quantitative estimate of drug-likeness (QED) is 0.880. The molecule has 0 bridgehead atoms. The number of piperidine rings is 1. The zero-order chi connectivity index (χ0) is 13.0. The molecule has 1 fully saturated rings. The van der Waals surface area contributed by atoms with Crippen molar-refractivity contribution in [2.45, 2.75) is 46.2 Å². The highest BCUT2D eigenvalue weighted by atomic mass is 32.1. The fourth-order valence-electron chi connectivity index (χ4n) is 2.65. The molecule has 1 aromatic rings. The molecule has 1 N–H and O–H groups in total. The van der Waals surface area contributed by atoms with Gasteiger partial charge < -0.3 is 5.32 Å². The van der Waals surface area contributed by atoms with Crippen LogP contribution in [0.1, 0.15) is 36.4 Å². The first-order valence-corrected chi connectivity index (χ1v) is 7.96. The van der Waals surface area contributed by atoms with Gasteiger partial charge in [-0.05, 0) is 50.9 Å². The Hall–Kier alpha value is -0.380. The molecule has 2 heterocycles. The van der Waals surface area contributed by atoms with Crippen LogP contribution in [0.15, 0.2) is 12.1 Å². The first-order valence-electron chi connectivity index (χ1n) is 7.14. The summed E-state index contributed by atoms with van der Waals surface area (Å²) in [7, 11) is 0. The fraction of sp³-hybridized carbons (Fsp3) is 0.733. The van der Waals surface area contributed by atoms with Crippen LogP contribution in [-0.4, -0.2) is 30.6 Å². The third-order valence-corrected chi connectivity index (χ3v) is 4.58. The van der Waals surface area contributed by atoms with Crippen LogP contribution in [-0.2, 0) is 6.54 Å². The Bertz CT molecular complexity index is 359. The van der Waals surface area contributed by atoms with Gasteiger partial charge in [0.15, 0.2) is 0 Å². The molecule has 0 radical (unpaired) electrons. The van der Waals surface area contributed by atoms with Crippen LogP contribution in [0, 0.1) is 12.8 Å². The summed E-state index contributed by atoms with van der Waals surface area (Å²) in [5, 5.41) is 3.58. The molecular formula is C15H26N2S. The lowest BCUT2D eigenvalue weighted by Gasteiger charge is -2.33. The molecule has 0 aliphatic carbocycles. The maximum absolute atomic E-state index is 3.58. The second-order valence-electron chi connectivity index (χ2n) is 5.82. The number of nitrogens with one attached hydrogen (secondary N) is 1. The molecule has 1 aromatic heterocycles. The van der Waals surface area contributed by atoms with Crippen molar-refractivity contribution in [2.24, 2.45) is 5.92 Å². The minimum absolute atomic E-state index is 0.611. The Labute approximate surface area is 115 Å². The normalized spacial score (nSPS) is 21.7. The Balaban J connectivity index is 1.79. The van der Waals surface area contributed by atoms with Gasteiger partial charge in [0.25, 0.3) is 0 Å². The molecule has 18 heavy (non-hydrogen) atoms. The molecule has 1 aliphatic heterocycles. The molecule has 1 atom stereocenters. The van der Waals surface area contributed by atoms with E-state index in [2.05, 4.69) is 43.1 Å². The number of hydrogen-bond acceptors (Lipinski definition) is 3. The van der Waals surface area contributed by atoms with Crippen molar-refractivity contribution in [3.63, 3.8) is 0 Å². The second-order valence-corrected chi connectivity index (χ2v) is 7.19. The number of hydrogen-bond donors (Lipinski definition) is 1. The lowest BCUT2D eigenvalue weighted by molar-refractivity contribution is 0.165. The maximum atomic E-state index is 3.58. The van der Waals surface area contributed by atoms with Crippen molar-refractivity contribution in [2.75, 3.05) is 19.6 Å². The zero-order valence-electron chi connectivity index (χ0n) is 11.9. The number of rotatable bonds is 5. The lowest BCUT2D eigenvalue weighted by atomic mass is 9.97. The monoisotopic (exact) mass is 266 g/mol. The maximum Gasteiger partial charge on any atom is 0.0328 e. The van der Waals surface area contributed by atoms with Gasteiger partial charge in [-0.1, -0.05) is 13.8 Å². The van der Waals surface area contributed by atoms with Gasteiger partial charge in [-0.2, -0.15) is 0 Å². The number of thiophene rings is 1.